The summed E-state index contributed by atoms with van der Waals surface area (Å²) in [5, 5.41) is 5.79. The summed E-state index contributed by atoms with van der Waals surface area (Å²) in [6.07, 6.45) is 4.46. The Hall–Kier alpha value is -2.67. The Labute approximate surface area is 159 Å². The molecule has 2 amide bonds. The summed E-state index contributed by atoms with van der Waals surface area (Å²) in [7, 11) is 1.93. The van der Waals surface area contributed by atoms with Gasteiger partial charge in [-0.15, -0.1) is 0 Å². The number of benzene rings is 1. The standard InChI is InChI=1S/C20H27N5O2/c1-15-5-3-4-6-16(15)14-25-12-10-23-20(27)17(25)13-19(26)22-8-7-18-21-9-11-24(18)2/h3-6,9,11,17H,7-8,10,12-14H2,1-2H3,(H,22,26)(H,23,27)/t17-/m1/s1. The Morgan fingerprint density at radius 2 is 2.19 bits per heavy atom. The maximum atomic E-state index is 12.4. The minimum atomic E-state index is -0.438. The molecule has 1 saturated heterocycles. The van der Waals surface area contributed by atoms with Crippen molar-refractivity contribution in [1.29, 1.82) is 0 Å². The summed E-state index contributed by atoms with van der Waals surface area (Å²) >= 11 is 0. The number of aryl methyl sites for hydroxylation is 2. The number of hydrogen-bond acceptors (Lipinski definition) is 4. The molecule has 0 bridgehead atoms. The van der Waals surface area contributed by atoms with E-state index in [1.807, 2.05) is 29.9 Å². The molecule has 2 N–H and O–H groups in total. The summed E-state index contributed by atoms with van der Waals surface area (Å²) in [4.78, 5) is 31.1. The molecule has 3 rings (SSSR count). The Morgan fingerprint density at radius 3 is 2.93 bits per heavy atom. The van der Waals surface area contributed by atoms with Gasteiger partial charge in [-0.2, -0.15) is 0 Å². The van der Waals surface area contributed by atoms with Gasteiger partial charge in [-0.05, 0) is 18.1 Å². The zero-order valence-corrected chi connectivity index (χ0v) is 15.9. The first-order chi connectivity index (χ1) is 13.0. The van der Waals surface area contributed by atoms with Crippen molar-refractivity contribution in [3.8, 4) is 0 Å². The fraction of sp³-hybridized carbons (Fsp3) is 0.450. The molecule has 2 aromatic rings. The number of amides is 2. The Bertz CT molecular complexity index is 801. The van der Waals surface area contributed by atoms with Crippen molar-refractivity contribution in [3.05, 3.63) is 53.6 Å². The third-order valence-corrected chi connectivity index (χ3v) is 5.05. The average molecular weight is 369 g/mol. The second-order valence-electron chi connectivity index (χ2n) is 6.96. The highest BCUT2D eigenvalue weighted by atomic mass is 16.2. The van der Waals surface area contributed by atoms with E-state index in [1.54, 1.807) is 6.20 Å². The van der Waals surface area contributed by atoms with E-state index < -0.39 is 6.04 Å². The molecule has 7 nitrogen and oxygen atoms in total. The van der Waals surface area contributed by atoms with Crippen LogP contribution >= 0.6 is 0 Å². The second-order valence-corrected chi connectivity index (χ2v) is 6.96. The molecule has 1 fully saturated rings. The summed E-state index contributed by atoms with van der Waals surface area (Å²) in [5.41, 5.74) is 2.38. The third kappa shape index (κ3) is 4.95. The minimum Gasteiger partial charge on any atom is -0.356 e. The van der Waals surface area contributed by atoms with Crippen molar-refractivity contribution in [2.24, 2.45) is 7.05 Å². The van der Waals surface area contributed by atoms with Crippen LogP contribution in [-0.4, -0.2) is 51.9 Å². The van der Waals surface area contributed by atoms with Gasteiger partial charge in [0.05, 0.1) is 12.5 Å². The van der Waals surface area contributed by atoms with Crippen LogP contribution in [0.5, 0.6) is 0 Å². The number of hydrogen-bond donors (Lipinski definition) is 2. The van der Waals surface area contributed by atoms with Gasteiger partial charge in [0.1, 0.15) is 5.82 Å². The maximum absolute atomic E-state index is 12.4. The zero-order chi connectivity index (χ0) is 19.2. The number of nitrogens with one attached hydrogen (secondary N) is 2. The molecule has 0 radical (unpaired) electrons. The largest absolute Gasteiger partial charge is 0.356 e. The number of aromatic nitrogens is 2. The molecule has 144 valence electrons. The normalized spacial score (nSPS) is 17.6. The summed E-state index contributed by atoms with van der Waals surface area (Å²) in [6.45, 7) is 4.60. The van der Waals surface area contributed by atoms with Crippen molar-refractivity contribution in [3.63, 3.8) is 0 Å². The lowest BCUT2D eigenvalue weighted by Crippen LogP contribution is -2.56. The van der Waals surface area contributed by atoms with Gasteiger partial charge in [0, 0.05) is 52.0 Å². The number of piperazine rings is 1. The van der Waals surface area contributed by atoms with Crippen molar-refractivity contribution < 1.29 is 9.59 Å². The van der Waals surface area contributed by atoms with E-state index in [-0.39, 0.29) is 18.2 Å². The quantitative estimate of drug-likeness (QED) is 0.756. The van der Waals surface area contributed by atoms with Gasteiger partial charge in [-0.3, -0.25) is 14.5 Å². The van der Waals surface area contributed by atoms with Crippen LogP contribution in [0, 0.1) is 6.92 Å². The van der Waals surface area contributed by atoms with Gasteiger partial charge in [0.15, 0.2) is 0 Å². The molecule has 0 unspecified atom stereocenters. The first-order valence-corrected chi connectivity index (χ1v) is 9.34. The lowest BCUT2D eigenvalue weighted by molar-refractivity contribution is -0.134. The maximum Gasteiger partial charge on any atom is 0.237 e. The van der Waals surface area contributed by atoms with Crippen LogP contribution in [0.15, 0.2) is 36.7 Å². The molecule has 1 atom stereocenters. The van der Waals surface area contributed by atoms with E-state index in [4.69, 9.17) is 0 Å². The molecular formula is C20H27N5O2. The molecular weight excluding hydrogens is 342 g/mol. The van der Waals surface area contributed by atoms with Crippen molar-refractivity contribution in [1.82, 2.24) is 25.1 Å². The van der Waals surface area contributed by atoms with E-state index in [2.05, 4.69) is 39.6 Å². The molecule has 2 heterocycles. The molecule has 1 aromatic carbocycles. The SMILES string of the molecule is Cc1ccccc1CN1CCNC(=O)[C@H]1CC(=O)NCCc1nccn1C. The van der Waals surface area contributed by atoms with Crippen molar-refractivity contribution in [2.45, 2.75) is 32.4 Å². The zero-order valence-electron chi connectivity index (χ0n) is 15.9. The topological polar surface area (TPSA) is 79.3 Å². The lowest BCUT2D eigenvalue weighted by Gasteiger charge is -2.35. The van der Waals surface area contributed by atoms with Gasteiger partial charge in [0.2, 0.25) is 11.8 Å². The first-order valence-electron chi connectivity index (χ1n) is 9.34. The van der Waals surface area contributed by atoms with Crippen LogP contribution < -0.4 is 10.6 Å². The molecule has 27 heavy (non-hydrogen) atoms. The fourth-order valence-corrected chi connectivity index (χ4v) is 3.38. The second kappa shape index (κ2) is 8.81. The lowest BCUT2D eigenvalue weighted by atomic mass is 10.0. The van der Waals surface area contributed by atoms with Gasteiger partial charge in [0.25, 0.3) is 0 Å². The van der Waals surface area contributed by atoms with Crippen LogP contribution in [0.1, 0.15) is 23.4 Å². The smallest absolute Gasteiger partial charge is 0.237 e. The predicted molar refractivity (Wildman–Crippen MR) is 103 cm³/mol. The summed E-state index contributed by atoms with van der Waals surface area (Å²) in [6, 6.07) is 7.72. The van der Waals surface area contributed by atoms with E-state index in [9.17, 15) is 9.59 Å². The first kappa shape index (κ1) is 19.1. The molecule has 1 aliphatic rings. The van der Waals surface area contributed by atoms with E-state index in [0.29, 0.717) is 26.1 Å². The Morgan fingerprint density at radius 1 is 1.37 bits per heavy atom. The highest BCUT2D eigenvalue weighted by Gasteiger charge is 2.31. The van der Waals surface area contributed by atoms with Crippen LogP contribution in [-0.2, 0) is 29.6 Å². The van der Waals surface area contributed by atoms with Crippen LogP contribution in [0.25, 0.3) is 0 Å². The van der Waals surface area contributed by atoms with Gasteiger partial charge >= 0.3 is 0 Å². The minimum absolute atomic E-state index is 0.0749. The Kier molecular flexibility index (Phi) is 6.24. The van der Waals surface area contributed by atoms with Gasteiger partial charge in [-0.1, -0.05) is 24.3 Å². The Balaban J connectivity index is 1.56. The molecule has 7 heteroatoms. The van der Waals surface area contributed by atoms with E-state index in [1.165, 1.54) is 11.1 Å². The number of carbonyl (C=O) groups excluding carboxylic acids is 2. The number of carbonyl (C=O) groups is 2. The third-order valence-electron chi connectivity index (χ3n) is 5.05. The molecule has 1 aromatic heterocycles. The molecule has 0 spiro atoms. The van der Waals surface area contributed by atoms with Crippen LogP contribution in [0.4, 0.5) is 0 Å². The molecule has 0 aliphatic carbocycles. The average Bonchev–Trinajstić information content (AvgIpc) is 3.05. The summed E-state index contributed by atoms with van der Waals surface area (Å²) < 4.78 is 1.94. The monoisotopic (exact) mass is 369 g/mol. The van der Waals surface area contributed by atoms with E-state index >= 15 is 0 Å². The molecule has 0 saturated carbocycles. The van der Waals surface area contributed by atoms with Crippen molar-refractivity contribution in [2.75, 3.05) is 19.6 Å². The number of rotatable bonds is 7. The van der Waals surface area contributed by atoms with E-state index in [0.717, 1.165) is 12.4 Å². The number of nitrogens with zero attached hydrogens (tertiary/aromatic N) is 3. The fourth-order valence-electron chi connectivity index (χ4n) is 3.38. The van der Waals surface area contributed by atoms with Crippen LogP contribution in [0.2, 0.25) is 0 Å². The predicted octanol–water partition coefficient (Wildman–Crippen LogP) is 0.778. The highest BCUT2D eigenvalue weighted by Crippen LogP contribution is 2.16. The summed E-state index contributed by atoms with van der Waals surface area (Å²) in [5.74, 6) is 0.738. The molecule has 1 aliphatic heterocycles. The van der Waals surface area contributed by atoms with Crippen LogP contribution in [0.3, 0.4) is 0 Å². The van der Waals surface area contributed by atoms with Gasteiger partial charge < -0.3 is 15.2 Å². The van der Waals surface area contributed by atoms with Gasteiger partial charge in [-0.25, -0.2) is 4.98 Å². The highest BCUT2D eigenvalue weighted by molar-refractivity contribution is 5.88. The van der Waals surface area contributed by atoms with Crippen molar-refractivity contribution >= 4 is 11.8 Å². The number of imidazole rings is 1.